The van der Waals surface area contributed by atoms with E-state index in [1.807, 2.05) is 31.2 Å². The molecule has 0 aliphatic carbocycles. The highest BCUT2D eigenvalue weighted by Gasteiger charge is 2.12. The number of hydrogen-bond donors (Lipinski definition) is 0. The highest BCUT2D eigenvalue weighted by atomic mass is 32.1. The summed E-state index contributed by atoms with van der Waals surface area (Å²) in [7, 11) is 0. The van der Waals surface area contributed by atoms with Crippen molar-refractivity contribution in [1.82, 2.24) is 15.0 Å². The van der Waals surface area contributed by atoms with Crippen LogP contribution < -0.4 is 0 Å². The van der Waals surface area contributed by atoms with Gasteiger partial charge < -0.3 is 0 Å². The largest absolute Gasteiger partial charge is 0.292 e. The standard InChI is InChI=1S/C14H11N3OS/c1-9-7-16-11(8-15-9)12(18)6-14-17-10-4-2-3-5-13(10)19-14/h2-5,7-8H,6H2,1H3. The van der Waals surface area contributed by atoms with Gasteiger partial charge in [-0.1, -0.05) is 12.1 Å². The van der Waals surface area contributed by atoms with Crippen LogP contribution in [0.4, 0.5) is 0 Å². The summed E-state index contributed by atoms with van der Waals surface area (Å²) in [5.74, 6) is -0.0495. The van der Waals surface area contributed by atoms with Crippen LogP contribution in [-0.4, -0.2) is 20.7 Å². The van der Waals surface area contributed by atoms with Crippen molar-refractivity contribution < 1.29 is 4.79 Å². The van der Waals surface area contributed by atoms with E-state index >= 15 is 0 Å². The summed E-state index contributed by atoms with van der Waals surface area (Å²) in [4.78, 5) is 24.7. The molecule has 0 aliphatic heterocycles. The summed E-state index contributed by atoms with van der Waals surface area (Å²) in [5, 5.41) is 0.813. The summed E-state index contributed by atoms with van der Waals surface area (Å²) >= 11 is 1.54. The van der Waals surface area contributed by atoms with E-state index < -0.39 is 0 Å². The molecule has 1 aromatic carbocycles. The number of fused-ring (bicyclic) bond motifs is 1. The number of rotatable bonds is 3. The van der Waals surface area contributed by atoms with Gasteiger partial charge in [0.1, 0.15) is 10.7 Å². The Kier molecular flexibility index (Phi) is 3.05. The molecule has 3 aromatic rings. The summed E-state index contributed by atoms with van der Waals surface area (Å²) in [6, 6.07) is 7.87. The van der Waals surface area contributed by atoms with E-state index in [-0.39, 0.29) is 12.2 Å². The molecule has 5 heteroatoms. The van der Waals surface area contributed by atoms with E-state index in [1.165, 1.54) is 6.20 Å². The fourth-order valence-electron chi connectivity index (χ4n) is 1.76. The third-order valence-electron chi connectivity index (χ3n) is 2.72. The number of nitrogens with zero attached hydrogens (tertiary/aromatic N) is 3. The summed E-state index contributed by atoms with van der Waals surface area (Å²) in [6.45, 7) is 1.84. The SMILES string of the molecule is Cc1cnc(C(=O)Cc2nc3ccccc3s2)cn1. The number of Topliss-reactive ketones (excluding diaryl/α,β-unsaturated/α-hetero) is 1. The summed E-state index contributed by atoms with van der Waals surface area (Å²) < 4.78 is 1.10. The average Bonchev–Trinajstić information content (AvgIpc) is 2.81. The minimum atomic E-state index is -0.0495. The zero-order valence-electron chi connectivity index (χ0n) is 10.3. The molecule has 0 radical (unpaired) electrons. The molecule has 19 heavy (non-hydrogen) atoms. The predicted molar refractivity (Wildman–Crippen MR) is 74.4 cm³/mol. The molecule has 4 nitrogen and oxygen atoms in total. The number of para-hydroxylation sites is 1. The Bertz CT molecular complexity index is 701. The first kappa shape index (κ1) is 11.9. The van der Waals surface area contributed by atoms with Gasteiger partial charge in [0.2, 0.25) is 0 Å². The minimum absolute atomic E-state index is 0.0495. The molecule has 0 fully saturated rings. The Balaban J connectivity index is 1.84. The molecule has 2 aromatic heterocycles. The number of carbonyl (C=O) groups excluding carboxylic acids is 1. The Labute approximate surface area is 114 Å². The highest BCUT2D eigenvalue weighted by Crippen LogP contribution is 2.22. The number of thiazole rings is 1. The van der Waals surface area contributed by atoms with Gasteiger partial charge in [-0.05, 0) is 19.1 Å². The normalized spacial score (nSPS) is 10.8. The van der Waals surface area contributed by atoms with Crippen LogP contribution in [0, 0.1) is 6.92 Å². The topological polar surface area (TPSA) is 55.7 Å². The lowest BCUT2D eigenvalue weighted by Gasteiger charge is -1.97. The van der Waals surface area contributed by atoms with Crippen molar-refractivity contribution in [3.8, 4) is 0 Å². The van der Waals surface area contributed by atoms with E-state index in [1.54, 1.807) is 17.5 Å². The maximum Gasteiger partial charge on any atom is 0.189 e. The lowest BCUT2D eigenvalue weighted by atomic mass is 10.2. The quantitative estimate of drug-likeness (QED) is 0.686. The molecule has 0 unspecified atom stereocenters. The second-order valence-electron chi connectivity index (χ2n) is 4.22. The van der Waals surface area contributed by atoms with Gasteiger partial charge in [-0.25, -0.2) is 9.97 Å². The molecule has 0 N–H and O–H groups in total. The number of hydrogen-bond acceptors (Lipinski definition) is 5. The molecule has 0 aliphatic rings. The number of benzene rings is 1. The van der Waals surface area contributed by atoms with Crippen LogP contribution >= 0.6 is 11.3 Å². The van der Waals surface area contributed by atoms with Crippen molar-refractivity contribution in [2.45, 2.75) is 13.3 Å². The lowest BCUT2D eigenvalue weighted by molar-refractivity contribution is 0.0988. The van der Waals surface area contributed by atoms with Gasteiger partial charge in [0.15, 0.2) is 5.78 Å². The Morgan fingerprint density at radius 3 is 2.79 bits per heavy atom. The molecule has 3 rings (SSSR count). The van der Waals surface area contributed by atoms with Gasteiger partial charge in [0.25, 0.3) is 0 Å². The van der Waals surface area contributed by atoms with Crippen molar-refractivity contribution >= 4 is 27.3 Å². The van der Waals surface area contributed by atoms with E-state index in [9.17, 15) is 4.79 Å². The zero-order valence-corrected chi connectivity index (χ0v) is 11.1. The maximum absolute atomic E-state index is 12.1. The highest BCUT2D eigenvalue weighted by molar-refractivity contribution is 7.18. The van der Waals surface area contributed by atoms with Gasteiger partial charge in [-0.2, -0.15) is 0 Å². The molecule has 0 amide bonds. The molecule has 0 bridgehead atoms. The molecular formula is C14H11N3OS. The monoisotopic (exact) mass is 269 g/mol. The number of aryl methyl sites for hydroxylation is 1. The molecule has 0 saturated heterocycles. The zero-order chi connectivity index (χ0) is 13.2. The second-order valence-corrected chi connectivity index (χ2v) is 5.33. The Hall–Kier alpha value is -2.14. The lowest BCUT2D eigenvalue weighted by Crippen LogP contribution is -2.06. The van der Waals surface area contributed by atoms with E-state index in [2.05, 4.69) is 15.0 Å². The van der Waals surface area contributed by atoms with Crippen LogP contribution in [0.3, 0.4) is 0 Å². The van der Waals surface area contributed by atoms with Gasteiger partial charge in [-0.3, -0.25) is 9.78 Å². The van der Waals surface area contributed by atoms with Crippen LogP contribution in [0.5, 0.6) is 0 Å². The van der Waals surface area contributed by atoms with E-state index in [4.69, 9.17) is 0 Å². The molecule has 2 heterocycles. The van der Waals surface area contributed by atoms with E-state index in [0.717, 1.165) is 20.9 Å². The number of aromatic nitrogens is 3. The number of ketones is 1. The summed E-state index contributed by atoms with van der Waals surface area (Å²) in [6.07, 6.45) is 3.40. The minimum Gasteiger partial charge on any atom is -0.292 e. The van der Waals surface area contributed by atoms with Crippen LogP contribution in [0.15, 0.2) is 36.7 Å². The first-order valence-corrected chi connectivity index (χ1v) is 6.70. The van der Waals surface area contributed by atoms with Gasteiger partial charge in [0.05, 0.1) is 28.5 Å². The van der Waals surface area contributed by atoms with Crippen molar-refractivity contribution in [3.05, 3.63) is 53.1 Å². The van der Waals surface area contributed by atoms with Crippen LogP contribution in [0.1, 0.15) is 21.2 Å². The van der Waals surface area contributed by atoms with Crippen molar-refractivity contribution in [2.24, 2.45) is 0 Å². The molecule has 0 spiro atoms. The Morgan fingerprint density at radius 1 is 1.21 bits per heavy atom. The predicted octanol–water partition coefficient (Wildman–Crippen LogP) is 2.82. The van der Waals surface area contributed by atoms with E-state index in [0.29, 0.717) is 5.69 Å². The third kappa shape index (κ3) is 2.51. The Morgan fingerprint density at radius 2 is 2.05 bits per heavy atom. The van der Waals surface area contributed by atoms with Crippen molar-refractivity contribution in [1.29, 1.82) is 0 Å². The maximum atomic E-state index is 12.1. The van der Waals surface area contributed by atoms with Crippen molar-refractivity contribution in [3.63, 3.8) is 0 Å². The fourth-order valence-corrected chi connectivity index (χ4v) is 2.73. The van der Waals surface area contributed by atoms with Crippen LogP contribution in [0.25, 0.3) is 10.2 Å². The number of carbonyl (C=O) groups is 1. The summed E-state index contributed by atoms with van der Waals surface area (Å²) in [5.41, 5.74) is 2.13. The van der Waals surface area contributed by atoms with Gasteiger partial charge in [-0.15, -0.1) is 11.3 Å². The average molecular weight is 269 g/mol. The molecular weight excluding hydrogens is 258 g/mol. The molecule has 0 saturated carbocycles. The fraction of sp³-hybridized carbons (Fsp3) is 0.143. The molecule has 0 atom stereocenters. The first-order valence-electron chi connectivity index (χ1n) is 5.89. The smallest absolute Gasteiger partial charge is 0.189 e. The van der Waals surface area contributed by atoms with Crippen LogP contribution in [0.2, 0.25) is 0 Å². The van der Waals surface area contributed by atoms with Gasteiger partial charge in [0, 0.05) is 6.20 Å². The first-order chi connectivity index (χ1) is 9.22. The van der Waals surface area contributed by atoms with Crippen LogP contribution in [-0.2, 0) is 6.42 Å². The molecule has 94 valence electrons. The van der Waals surface area contributed by atoms with Gasteiger partial charge >= 0.3 is 0 Å². The van der Waals surface area contributed by atoms with Crippen molar-refractivity contribution in [2.75, 3.05) is 0 Å². The third-order valence-corrected chi connectivity index (χ3v) is 3.75. The second kappa shape index (κ2) is 4.85.